The van der Waals surface area contributed by atoms with Crippen LogP contribution in [0.3, 0.4) is 0 Å². The third kappa shape index (κ3) is 4.34. The van der Waals surface area contributed by atoms with Gasteiger partial charge in [0, 0.05) is 44.7 Å². The largest absolute Gasteiger partial charge is 0.382 e. The van der Waals surface area contributed by atoms with Crippen molar-refractivity contribution in [2.45, 2.75) is 31.7 Å². The molecule has 2 aromatic rings. The molecule has 0 aliphatic carbocycles. The van der Waals surface area contributed by atoms with Crippen LogP contribution in [0.15, 0.2) is 54.9 Å². The number of carbonyl (C=O) groups excluding carboxylic acids is 2. The lowest BCUT2D eigenvalue weighted by atomic mass is 9.85. The highest BCUT2D eigenvalue weighted by Crippen LogP contribution is 2.34. The first kappa shape index (κ1) is 20.3. The fraction of sp³-hybridized carbons (Fsp3) is 0.455. The van der Waals surface area contributed by atoms with E-state index in [1.165, 1.54) is 0 Å². The van der Waals surface area contributed by atoms with Gasteiger partial charge in [-0.3, -0.25) is 19.1 Å². The van der Waals surface area contributed by atoms with Crippen molar-refractivity contribution in [1.29, 1.82) is 0 Å². The third-order valence-corrected chi connectivity index (χ3v) is 5.49. The SMILES string of the molecule is CCC(=O)N(c1ccccc1)C1(COC)CCN(CC(=O)n2cccc2)CC1. The number of ether oxygens (including phenoxy) is 1. The standard InChI is InChI=1S/C22H29N3O3/c1-3-20(26)25(19-9-5-4-6-10-19)22(18-28-2)11-15-23(16-12-22)17-21(27)24-13-7-8-14-24/h4-10,13-14H,3,11-12,15-18H2,1-2H3. The van der Waals surface area contributed by atoms with Gasteiger partial charge in [0.25, 0.3) is 0 Å². The van der Waals surface area contributed by atoms with Crippen molar-refractivity contribution >= 4 is 17.5 Å². The lowest BCUT2D eigenvalue weighted by molar-refractivity contribution is -0.120. The lowest BCUT2D eigenvalue weighted by Gasteiger charge is -2.48. The van der Waals surface area contributed by atoms with Gasteiger partial charge in [0.1, 0.15) is 0 Å². The van der Waals surface area contributed by atoms with Crippen LogP contribution in [0.5, 0.6) is 0 Å². The Bertz CT molecular complexity index is 766. The van der Waals surface area contributed by atoms with E-state index in [9.17, 15) is 9.59 Å². The minimum atomic E-state index is -0.393. The maximum Gasteiger partial charge on any atom is 0.244 e. The van der Waals surface area contributed by atoms with Crippen LogP contribution in [0.25, 0.3) is 0 Å². The summed E-state index contributed by atoms with van der Waals surface area (Å²) in [6.07, 6.45) is 5.52. The van der Waals surface area contributed by atoms with Crippen LogP contribution >= 0.6 is 0 Å². The predicted molar refractivity (Wildman–Crippen MR) is 110 cm³/mol. The molecule has 2 heterocycles. The highest BCUT2D eigenvalue weighted by molar-refractivity contribution is 5.94. The van der Waals surface area contributed by atoms with Crippen LogP contribution in [-0.2, 0) is 9.53 Å². The first-order valence-electron chi connectivity index (χ1n) is 9.85. The molecular weight excluding hydrogens is 354 g/mol. The molecule has 1 aromatic heterocycles. The topological polar surface area (TPSA) is 54.8 Å². The van der Waals surface area contributed by atoms with E-state index >= 15 is 0 Å². The second-order valence-corrected chi connectivity index (χ2v) is 7.34. The van der Waals surface area contributed by atoms with E-state index in [0.717, 1.165) is 31.6 Å². The molecule has 1 aromatic carbocycles. The Kier molecular flexibility index (Phi) is 6.65. The number of likely N-dealkylation sites (tertiary alicyclic amines) is 1. The molecular formula is C22H29N3O3. The summed E-state index contributed by atoms with van der Waals surface area (Å²) in [7, 11) is 1.68. The molecule has 0 saturated carbocycles. The zero-order chi connectivity index (χ0) is 20.0. The number of methoxy groups -OCH3 is 1. The van der Waals surface area contributed by atoms with Crippen molar-refractivity contribution in [2.24, 2.45) is 0 Å². The molecule has 0 N–H and O–H groups in total. The average molecular weight is 383 g/mol. The molecule has 1 fully saturated rings. The zero-order valence-electron chi connectivity index (χ0n) is 16.7. The van der Waals surface area contributed by atoms with E-state index in [-0.39, 0.29) is 11.8 Å². The van der Waals surface area contributed by atoms with Crippen LogP contribution in [0.2, 0.25) is 0 Å². The van der Waals surface area contributed by atoms with Crippen molar-refractivity contribution in [3.63, 3.8) is 0 Å². The van der Waals surface area contributed by atoms with Gasteiger partial charge in [-0.1, -0.05) is 25.1 Å². The van der Waals surface area contributed by atoms with Crippen LogP contribution < -0.4 is 4.90 Å². The number of hydrogen-bond donors (Lipinski definition) is 0. The number of hydrogen-bond acceptors (Lipinski definition) is 4. The summed E-state index contributed by atoms with van der Waals surface area (Å²) in [4.78, 5) is 29.4. The second kappa shape index (κ2) is 9.17. The number of nitrogens with zero attached hydrogens (tertiary/aromatic N) is 3. The zero-order valence-corrected chi connectivity index (χ0v) is 16.7. The van der Waals surface area contributed by atoms with E-state index < -0.39 is 5.54 Å². The molecule has 1 aliphatic rings. The Morgan fingerprint density at radius 2 is 1.71 bits per heavy atom. The summed E-state index contributed by atoms with van der Waals surface area (Å²) < 4.78 is 7.19. The molecule has 0 atom stereocenters. The molecule has 28 heavy (non-hydrogen) atoms. The number of para-hydroxylation sites is 1. The first-order chi connectivity index (χ1) is 13.6. The molecule has 6 nitrogen and oxygen atoms in total. The van der Waals surface area contributed by atoms with Crippen LogP contribution in [0.4, 0.5) is 5.69 Å². The molecule has 3 rings (SSSR count). The Morgan fingerprint density at radius 1 is 1.07 bits per heavy atom. The van der Waals surface area contributed by atoms with Crippen LogP contribution in [-0.4, -0.2) is 60.2 Å². The molecule has 1 amide bonds. The van der Waals surface area contributed by atoms with Crippen molar-refractivity contribution < 1.29 is 14.3 Å². The van der Waals surface area contributed by atoms with Crippen molar-refractivity contribution in [2.75, 3.05) is 38.3 Å². The summed E-state index contributed by atoms with van der Waals surface area (Å²) >= 11 is 0. The Balaban J connectivity index is 1.77. The highest BCUT2D eigenvalue weighted by Gasteiger charge is 2.43. The summed E-state index contributed by atoms with van der Waals surface area (Å²) in [5, 5.41) is 0. The van der Waals surface area contributed by atoms with Gasteiger partial charge in [-0.15, -0.1) is 0 Å². The number of benzene rings is 1. The monoisotopic (exact) mass is 383 g/mol. The van der Waals surface area contributed by atoms with E-state index in [1.807, 2.05) is 54.3 Å². The lowest BCUT2D eigenvalue weighted by Crippen LogP contribution is -2.60. The third-order valence-electron chi connectivity index (χ3n) is 5.49. The Hall–Kier alpha value is -2.44. The Labute approximate surface area is 166 Å². The highest BCUT2D eigenvalue weighted by atomic mass is 16.5. The smallest absolute Gasteiger partial charge is 0.244 e. The number of anilines is 1. The van der Waals surface area contributed by atoms with Crippen molar-refractivity contribution in [3.05, 3.63) is 54.9 Å². The number of rotatable bonds is 7. The van der Waals surface area contributed by atoms with E-state index in [0.29, 0.717) is 19.6 Å². The molecule has 1 saturated heterocycles. The molecule has 1 aliphatic heterocycles. The van der Waals surface area contributed by atoms with Gasteiger partial charge in [-0.25, -0.2) is 0 Å². The van der Waals surface area contributed by atoms with E-state index in [2.05, 4.69) is 4.90 Å². The number of carbonyl (C=O) groups is 2. The molecule has 0 bridgehead atoms. The molecule has 0 unspecified atom stereocenters. The summed E-state index contributed by atoms with van der Waals surface area (Å²) in [6.45, 7) is 4.24. The molecule has 0 spiro atoms. The molecule has 6 heteroatoms. The fourth-order valence-corrected chi connectivity index (χ4v) is 4.02. The predicted octanol–water partition coefficient (Wildman–Crippen LogP) is 3.05. The number of amides is 1. The van der Waals surface area contributed by atoms with E-state index in [4.69, 9.17) is 4.74 Å². The van der Waals surface area contributed by atoms with Gasteiger partial charge < -0.3 is 9.64 Å². The summed E-state index contributed by atoms with van der Waals surface area (Å²) in [5.41, 5.74) is 0.513. The van der Waals surface area contributed by atoms with Crippen molar-refractivity contribution in [1.82, 2.24) is 9.47 Å². The fourth-order valence-electron chi connectivity index (χ4n) is 4.02. The molecule has 0 radical (unpaired) electrons. The summed E-state index contributed by atoms with van der Waals surface area (Å²) in [6, 6.07) is 13.5. The average Bonchev–Trinajstić information content (AvgIpc) is 3.26. The maximum absolute atomic E-state index is 12.9. The van der Waals surface area contributed by atoms with Gasteiger partial charge in [0.15, 0.2) is 0 Å². The normalized spacial score (nSPS) is 16.6. The van der Waals surface area contributed by atoms with Gasteiger partial charge in [0.05, 0.1) is 18.7 Å². The second-order valence-electron chi connectivity index (χ2n) is 7.34. The van der Waals surface area contributed by atoms with Gasteiger partial charge in [-0.2, -0.15) is 0 Å². The Morgan fingerprint density at radius 3 is 2.29 bits per heavy atom. The minimum Gasteiger partial charge on any atom is -0.382 e. The molecule has 150 valence electrons. The minimum absolute atomic E-state index is 0.0637. The van der Waals surface area contributed by atoms with Gasteiger partial charge >= 0.3 is 0 Å². The van der Waals surface area contributed by atoms with Crippen LogP contribution in [0, 0.1) is 0 Å². The maximum atomic E-state index is 12.9. The van der Waals surface area contributed by atoms with Gasteiger partial charge in [-0.05, 0) is 37.1 Å². The van der Waals surface area contributed by atoms with E-state index in [1.54, 1.807) is 24.1 Å². The van der Waals surface area contributed by atoms with Crippen LogP contribution in [0.1, 0.15) is 31.0 Å². The first-order valence-corrected chi connectivity index (χ1v) is 9.85. The van der Waals surface area contributed by atoms with Gasteiger partial charge in [0.2, 0.25) is 11.8 Å². The number of piperidine rings is 1. The number of aromatic nitrogens is 1. The summed E-state index contributed by atoms with van der Waals surface area (Å²) in [5.74, 6) is 0.161. The quantitative estimate of drug-likeness (QED) is 0.737. The van der Waals surface area contributed by atoms with Crippen molar-refractivity contribution in [3.8, 4) is 0 Å².